The number of urea groups is 1. The van der Waals surface area contributed by atoms with Gasteiger partial charge in [0.2, 0.25) is 0 Å². The van der Waals surface area contributed by atoms with E-state index in [1.54, 1.807) is 4.90 Å². The summed E-state index contributed by atoms with van der Waals surface area (Å²) in [5.74, 6) is 0. The molecule has 2 saturated heterocycles. The molecule has 1 spiro atoms. The number of aryl methyl sites for hydroxylation is 2. The predicted octanol–water partition coefficient (Wildman–Crippen LogP) is 1.72. The Labute approximate surface area is 124 Å². The molecule has 2 fully saturated rings. The van der Waals surface area contributed by atoms with Crippen molar-refractivity contribution in [2.24, 2.45) is 0 Å². The fourth-order valence-corrected chi connectivity index (χ4v) is 2.86. The number of carbonyl (C=O) groups is 1. The van der Waals surface area contributed by atoms with E-state index >= 15 is 0 Å². The highest BCUT2D eigenvalue weighted by Gasteiger charge is 2.41. The molecular weight excluding hydrogens is 270 g/mol. The topological polar surface area (TPSA) is 63.7 Å². The molecule has 6 nitrogen and oxygen atoms in total. The fraction of sp³-hybridized carbons (Fsp3) is 0.600. The zero-order valence-electron chi connectivity index (χ0n) is 12.5. The second-order valence-corrected chi connectivity index (χ2v) is 5.77. The summed E-state index contributed by atoms with van der Waals surface area (Å²) in [6.07, 6.45) is 0.849. The smallest absolute Gasteiger partial charge is 0.322 e. The van der Waals surface area contributed by atoms with Gasteiger partial charge in [0.15, 0.2) is 0 Å². The maximum atomic E-state index is 12.4. The Morgan fingerprint density at radius 2 is 2.24 bits per heavy atom. The van der Waals surface area contributed by atoms with Gasteiger partial charge in [0.25, 0.3) is 0 Å². The molecule has 1 unspecified atom stereocenters. The standard InChI is InChI=1S/C15H21N3O3/c1-11-3-4-13(12(2)16-11)17-14(19)18-6-8-21-15(9-18)5-7-20-10-15/h3-4H,5-10H2,1-2H3,(H,17,19). The number of pyridine rings is 1. The monoisotopic (exact) mass is 291 g/mol. The van der Waals surface area contributed by atoms with Crippen LogP contribution in [0.4, 0.5) is 10.5 Å². The Kier molecular flexibility index (Phi) is 3.82. The molecule has 3 heterocycles. The van der Waals surface area contributed by atoms with Crippen LogP contribution in [0.5, 0.6) is 0 Å². The lowest BCUT2D eigenvalue weighted by atomic mass is 10.0. The number of morpholine rings is 1. The average Bonchev–Trinajstić information content (AvgIpc) is 2.90. The number of anilines is 1. The van der Waals surface area contributed by atoms with Gasteiger partial charge < -0.3 is 19.7 Å². The van der Waals surface area contributed by atoms with Crippen molar-refractivity contribution in [3.63, 3.8) is 0 Å². The predicted molar refractivity (Wildman–Crippen MR) is 78.4 cm³/mol. The first-order chi connectivity index (χ1) is 10.1. The first kappa shape index (κ1) is 14.3. The van der Waals surface area contributed by atoms with Crippen LogP contribution in [0.3, 0.4) is 0 Å². The summed E-state index contributed by atoms with van der Waals surface area (Å²) in [6.45, 7) is 6.85. The van der Waals surface area contributed by atoms with Crippen molar-refractivity contribution in [3.8, 4) is 0 Å². The van der Waals surface area contributed by atoms with Crippen molar-refractivity contribution >= 4 is 11.7 Å². The quantitative estimate of drug-likeness (QED) is 0.855. The fourth-order valence-electron chi connectivity index (χ4n) is 2.86. The molecule has 1 aromatic rings. The summed E-state index contributed by atoms with van der Waals surface area (Å²) in [5.41, 5.74) is 2.22. The number of amides is 2. The molecule has 1 N–H and O–H groups in total. The molecule has 21 heavy (non-hydrogen) atoms. The number of aromatic nitrogens is 1. The average molecular weight is 291 g/mol. The first-order valence-electron chi connectivity index (χ1n) is 7.30. The van der Waals surface area contributed by atoms with Crippen LogP contribution in [0.15, 0.2) is 12.1 Å². The minimum atomic E-state index is -0.309. The number of carbonyl (C=O) groups excluding carboxylic acids is 1. The van der Waals surface area contributed by atoms with Gasteiger partial charge in [0, 0.05) is 25.3 Å². The van der Waals surface area contributed by atoms with Crippen molar-refractivity contribution < 1.29 is 14.3 Å². The van der Waals surface area contributed by atoms with E-state index in [0.717, 1.165) is 23.5 Å². The van der Waals surface area contributed by atoms with Gasteiger partial charge in [-0.25, -0.2) is 4.79 Å². The summed E-state index contributed by atoms with van der Waals surface area (Å²) >= 11 is 0. The van der Waals surface area contributed by atoms with E-state index in [1.807, 2.05) is 26.0 Å². The molecule has 114 valence electrons. The van der Waals surface area contributed by atoms with E-state index < -0.39 is 0 Å². The van der Waals surface area contributed by atoms with E-state index in [-0.39, 0.29) is 11.6 Å². The highest BCUT2D eigenvalue weighted by atomic mass is 16.6. The zero-order valence-corrected chi connectivity index (χ0v) is 12.5. The largest absolute Gasteiger partial charge is 0.378 e. The molecule has 6 heteroatoms. The maximum absolute atomic E-state index is 12.4. The molecule has 2 aliphatic heterocycles. The molecule has 2 amide bonds. The molecule has 0 aliphatic carbocycles. The van der Waals surface area contributed by atoms with Crippen molar-refractivity contribution in [1.29, 1.82) is 0 Å². The Morgan fingerprint density at radius 1 is 1.38 bits per heavy atom. The minimum absolute atomic E-state index is 0.0988. The normalized spacial score (nSPS) is 25.3. The maximum Gasteiger partial charge on any atom is 0.322 e. The third kappa shape index (κ3) is 3.01. The van der Waals surface area contributed by atoms with Crippen LogP contribution < -0.4 is 5.32 Å². The highest BCUT2D eigenvalue weighted by molar-refractivity contribution is 5.90. The van der Waals surface area contributed by atoms with Gasteiger partial charge in [-0.2, -0.15) is 0 Å². The molecule has 0 bridgehead atoms. The van der Waals surface area contributed by atoms with E-state index in [1.165, 1.54) is 0 Å². The van der Waals surface area contributed by atoms with E-state index in [9.17, 15) is 4.79 Å². The second-order valence-electron chi connectivity index (χ2n) is 5.77. The van der Waals surface area contributed by atoms with Crippen LogP contribution in [0.25, 0.3) is 0 Å². The first-order valence-corrected chi connectivity index (χ1v) is 7.30. The highest BCUT2D eigenvalue weighted by Crippen LogP contribution is 2.27. The SMILES string of the molecule is Cc1ccc(NC(=O)N2CCOC3(CCOC3)C2)c(C)n1. The molecule has 2 aliphatic rings. The summed E-state index contributed by atoms with van der Waals surface area (Å²) in [7, 11) is 0. The number of hydrogen-bond acceptors (Lipinski definition) is 4. The van der Waals surface area contributed by atoms with Gasteiger partial charge in [0.05, 0.1) is 31.1 Å². The van der Waals surface area contributed by atoms with Gasteiger partial charge in [-0.3, -0.25) is 4.98 Å². The van der Waals surface area contributed by atoms with Gasteiger partial charge >= 0.3 is 6.03 Å². The van der Waals surface area contributed by atoms with Crippen LogP contribution >= 0.6 is 0 Å². The Balaban J connectivity index is 1.67. The Hall–Kier alpha value is -1.66. The summed E-state index contributed by atoms with van der Waals surface area (Å²) in [5, 5.41) is 2.94. The van der Waals surface area contributed by atoms with Crippen molar-refractivity contribution in [1.82, 2.24) is 9.88 Å². The van der Waals surface area contributed by atoms with E-state index in [2.05, 4.69) is 10.3 Å². The molecule has 0 radical (unpaired) electrons. The summed E-state index contributed by atoms with van der Waals surface area (Å²) in [4.78, 5) is 18.6. The molecule has 0 aromatic carbocycles. The van der Waals surface area contributed by atoms with Crippen LogP contribution in [-0.2, 0) is 9.47 Å². The third-order valence-electron chi connectivity index (χ3n) is 4.07. The lowest BCUT2D eigenvalue weighted by molar-refractivity contribution is -0.0964. The van der Waals surface area contributed by atoms with Gasteiger partial charge in [0.1, 0.15) is 5.60 Å². The molecule has 1 atom stereocenters. The zero-order chi connectivity index (χ0) is 14.9. The van der Waals surface area contributed by atoms with Crippen LogP contribution in [0.1, 0.15) is 17.8 Å². The minimum Gasteiger partial charge on any atom is -0.378 e. The number of nitrogens with one attached hydrogen (secondary N) is 1. The van der Waals surface area contributed by atoms with Crippen molar-refractivity contribution in [2.75, 3.05) is 38.2 Å². The molecule has 3 rings (SSSR count). The van der Waals surface area contributed by atoms with Gasteiger partial charge in [-0.05, 0) is 26.0 Å². The molecule has 0 saturated carbocycles. The van der Waals surface area contributed by atoms with E-state index in [0.29, 0.717) is 32.9 Å². The number of rotatable bonds is 1. The Morgan fingerprint density at radius 3 is 2.95 bits per heavy atom. The van der Waals surface area contributed by atoms with Gasteiger partial charge in [-0.1, -0.05) is 0 Å². The number of hydrogen-bond donors (Lipinski definition) is 1. The third-order valence-corrected chi connectivity index (χ3v) is 4.07. The summed E-state index contributed by atoms with van der Waals surface area (Å²) in [6, 6.07) is 3.69. The number of nitrogens with zero attached hydrogens (tertiary/aromatic N) is 2. The van der Waals surface area contributed by atoms with Crippen molar-refractivity contribution in [3.05, 3.63) is 23.5 Å². The molecule has 1 aromatic heterocycles. The van der Waals surface area contributed by atoms with Crippen LogP contribution in [-0.4, -0.2) is 54.4 Å². The van der Waals surface area contributed by atoms with E-state index in [4.69, 9.17) is 9.47 Å². The summed E-state index contributed by atoms with van der Waals surface area (Å²) < 4.78 is 11.3. The lowest BCUT2D eigenvalue weighted by Gasteiger charge is -2.39. The van der Waals surface area contributed by atoms with Crippen LogP contribution in [0, 0.1) is 13.8 Å². The number of ether oxygens (including phenoxy) is 2. The Bertz CT molecular complexity index is 541. The van der Waals surface area contributed by atoms with Gasteiger partial charge in [-0.15, -0.1) is 0 Å². The molecular formula is C15H21N3O3. The second kappa shape index (κ2) is 5.61. The van der Waals surface area contributed by atoms with Crippen molar-refractivity contribution in [2.45, 2.75) is 25.9 Å². The lowest BCUT2D eigenvalue weighted by Crippen LogP contribution is -2.55. The van der Waals surface area contributed by atoms with Crippen LogP contribution in [0.2, 0.25) is 0 Å².